The van der Waals surface area contributed by atoms with Crippen molar-refractivity contribution >= 4 is 23.4 Å². The minimum Gasteiger partial charge on any atom is -0.378 e. The zero-order chi connectivity index (χ0) is 14.4. The Morgan fingerprint density at radius 1 is 1.40 bits per heavy atom. The first-order valence-electron chi connectivity index (χ1n) is 6.42. The molecule has 1 aliphatic rings. The SMILES string of the molecule is O=C(NCCC(=O)N1CCOCC1)c1ccnc(Cl)c1. The fraction of sp³-hybridized carbons (Fsp3) is 0.462. The van der Waals surface area contributed by atoms with Gasteiger partial charge in [0.15, 0.2) is 0 Å². The zero-order valence-electron chi connectivity index (χ0n) is 11.0. The molecule has 0 bridgehead atoms. The molecule has 108 valence electrons. The first-order valence-corrected chi connectivity index (χ1v) is 6.80. The van der Waals surface area contributed by atoms with Crippen molar-refractivity contribution in [3.63, 3.8) is 0 Å². The average molecular weight is 298 g/mol. The van der Waals surface area contributed by atoms with Crippen LogP contribution >= 0.6 is 11.6 Å². The van der Waals surface area contributed by atoms with Crippen molar-refractivity contribution in [2.75, 3.05) is 32.8 Å². The molecular weight excluding hydrogens is 282 g/mol. The molecular formula is C13H16ClN3O3. The standard InChI is InChI=1S/C13H16ClN3O3/c14-11-9-10(1-3-15-11)13(19)16-4-2-12(18)17-5-7-20-8-6-17/h1,3,9H,2,4-8H2,(H,16,19). The van der Waals surface area contributed by atoms with Crippen molar-refractivity contribution in [1.82, 2.24) is 15.2 Å². The lowest BCUT2D eigenvalue weighted by molar-refractivity contribution is -0.135. The van der Waals surface area contributed by atoms with E-state index in [1.54, 1.807) is 11.0 Å². The van der Waals surface area contributed by atoms with E-state index in [2.05, 4.69) is 10.3 Å². The van der Waals surface area contributed by atoms with Crippen LogP contribution in [0.1, 0.15) is 16.8 Å². The van der Waals surface area contributed by atoms with Gasteiger partial charge < -0.3 is 15.0 Å². The molecule has 2 rings (SSSR count). The molecule has 1 saturated heterocycles. The summed E-state index contributed by atoms with van der Waals surface area (Å²) >= 11 is 5.71. The molecule has 0 aliphatic carbocycles. The van der Waals surface area contributed by atoms with E-state index in [0.717, 1.165) is 0 Å². The molecule has 2 heterocycles. The number of nitrogens with zero attached hydrogens (tertiary/aromatic N) is 2. The molecule has 1 N–H and O–H groups in total. The van der Waals surface area contributed by atoms with E-state index < -0.39 is 0 Å². The number of nitrogens with one attached hydrogen (secondary N) is 1. The fourth-order valence-electron chi connectivity index (χ4n) is 1.90. The molecule has 1 aromatic heterocycles. The Kier molecular flexibility index (Phi) is 5.31. The predicted molar refractivity (Wildman–Crippen MR) is 73.6 cm³/mol. The molecule has 0 radical (unpaired) electrons. The van der Waals surface area contributed by atoms with Crippen molar-refractivity contribution < 1.29 is 14.3 Å². The summed E-state index contributed by atoms with van der Waals surface area (Å²) in [5.41, 5.74) is 0.434. The lowest BCUT2D eigenvalue weighted by Gasteiger charge is -2.26. The molecule has 0 saturated carbocycles. The minimum atomic E-state index is -0.260. The number of ether oxygens (including phenoxy) is 1. The summed E-state index contributed by atoms with van der Waals surface area (Å²) in [6.45, 7) is 2.69. The third kappa shape index (κ3) is 4.18. The van der Waals surface area contributed by atoms with Crippen molar-refractivity contribution in [1.29, 1.82) is 0 Å². The van der Waals surface area contributed by atoms with Gasteiger partial charge in [-0.05, 0) is 12.1 Å². The number of aromatic nitrogens is 1. The molecule has 2 amide bonds. The zero-order valence-corrected chi connectivity index (χ0v) is 11.7. The number of carbonyl (C=O) groups is 2. The van der Waals surface area contributed by atoms with Crippen LogP contribution in [0, 0.1) is 0 Å². The number of pyridine rings is 1. The van der Waals surface area contributed by atoms with E-state index in [1.165, 1.54) is 12.3 Å². The summed E-state index contributed by atoms with van der Waals surface area (Å²) < 4.78 is 5.18. The average Bonchev–Trinajstić information content (AvgIpc) is 2.48. The van der Waals surface area contributed by atoms with Crippen LogP contribution in [0.5, 0.6) is 0 Å². The van der Waals surface area contributed by atoms with Crippen LogP contribution < -0.4 is 5.32 Å². The highest BCUT2D eigenvalue weighted by atomic mass is 35.5. The minimum absolute atomic E-state index is 0.0290. The Morgan fingerprint density at radius 2 is 2.15 bits per heavy atom. The Bertz CT molecular complexity index is 490. The highest BCUT2D eigenvalue weighted by Crippen LogP contribution is 2.06. The lowest BCUT2D eigenvalue weighted by atomic mass is 10.2. The molecule has 1 aromatic rings. The van der Waals surface area contributed by atoms with Crippen LogP contribution in [-0.4, -0.2) is 54.5 Å². The largest absolute Gasteiger partial charge is 0.378 e. The van der Waals surface area contributed by atoms with Crippen LogP contribution in [0.25, 0.3) is 0 Å². The number of morpholine rings is 1. The van der Waals surface area contributed by atoms with Crippen molar-refractivity contribution in [2.24, 2.45) is 0 Å². The van der Waals surface area contributed by atoms with Gasteiger partial charge in [-0.15, -0.1) is 0 Å². The normalized spacial score (nSPS) is 14.9. The third-order valence-corrected chi connectivity index (χ3v) is 3.18. The quantitative estimate of drug-likeness (QED) is 0.831. The van der Waals surface area contributed by atoms with Gasteiger partial charge in [0.25, 0.3) is 5.91 Å². The maximum atomic E-state index is 11.9. The molecule has 6 nitrogen and oxygen atoms in total. The highest BCUT2D eigenvalue weighted by Gasteiger charge is 2.16. The van der Waals surface area contributed by atoms with Gasteiger partial charge in [-0.3, -0.25) is 9.59 Å². The number of hydrogen-bond donors (Lipinski definition) is 1. The van der Waals surface area contributed by atoms with Crippen LogP contribution in [0.4, 0.5) is 0 Å². The maximum absolute atomic E-state index is 11.9. The Morgan fingerprint density at radius 3 is 2.85 bits per heavy atom. The molecule has 20 heavy (non-hydrogen) atoms. The van der Waals surface area contributed by atoms with Crippen molar-refractivity contribution in [3.8, 4) is 0 Å². The fourth-order valence-corrected chi connectivity index (χ4v) is 2.07. The van der Waals surface area contributed by atoms with Crippen LogP contribution in [0.2, 0.25) is 5.15 Å². The van der Waals surface area contributed by atoms with Gasteiger partial charge >= 0.3 is 0 Å². The topological polar surface area (TPSA) is 71.5 Å². The maximum Gasteiger partial charge on any atom is 0.251 e. The molecule has 7 heteroatoms. The monoisotopic (exact) mass is 297 g/mol. The summed E-state index contributed by atoms with van der Waals surface area (Å²) in [5, 5.41) is 2.96. The van der Waals surface area contributed by atoms with Crippen LogP contribution in [0.15, 0.2) is 18.3 Å². The Balaban J connectivity index is 1.75. The van der Waals surface area contributed by atoms with E-state index in [-0.39, 0.29) is 23.4 Å². The number of rotatable bonds is 4. The van der Waals surface area contributed by atoms with Crippen LogP contribution in [-0.2, 0) is 9.53 Å². The van der Waals surface area contributed by atoms with E-state index >= 15 is 0 Å². The smallest absolute Gasteiger partial charge is 0.251 e. The molecule has 0 aromatic carbocycles. The summed E-state index contributed by atoms with van der Waals surface area (Å²) in [5.74, 6) is -0.231. The Hall–Kier alpha value is -1.66. The molecule has 0 unspecified atom stereocenters. The summed E-state index contributed by atoms with van der Waals surface area (Å²) in [4.78, 5) is 29.2. The molecule has 1 fully saturated rings. The number of carbonyl (C=O) groups excluding carboxylic acids is 2. The third-order valence-electron chi connectivity index (χ3n) is 2.98. The number of amides is 2. The van der Waals surface area contributed by atoms with Crippen molar-refractivity contribution in [2.45, 2.75) is 6.42 Å². The van der Waals surface area contributed by atoms with Gasteiger partial charge in [0.1, 0.15) is 5.15 Å². The van der Waals surface area contributed by atoms with E-state index in [0.29, 0.717) is 38.4 Å². The van der Waals surface area contributed by atoms with Gasteiger partial charge in [-0.2, -0.15) is 0 Å². The van der Waals surface area contributed by atoms with Crippen LogP contribution in [0.3, 0.4) is 0 Å². The summed E-state index contributed by atoms with van der Waals surface area (Å²) in [6.07, 6.45) is 1.75. The number of hydrogen-bond acceptors (Lipinski definition) is 4. The lowest BCUT2D eigenvalue weighted by Crippen LogP contribution is -2.42. The Labute approximate surface area is 122 Å². The predicted octanol–water partition coefficient (Wildman–Crippen LogP) is 0.714. The van der Waals surface area contributed by atoms with Gasteiger partial charge in [0.05, 0.1) is 13.2 Å². The highest BCUT2D eigenvalue weighted by molar-refractivity contribution is 6.29. The second-order valence-corrected chi connectivity index (χ2v) is 4.75. The van der Waals surface area contributed by atoms with E-state index in [4.69, 9.17) is 16.3 Å². The number of halogens is 1. The van der Waals surface area contributed by atoms with Gasteiger partial charge in [0, 0.05) is 37.8 Å². The molecule has 1 aliphatic heterocycles. The van der Waals surface area contributed by atoms with E-state index in [9.17, 15) is 9.59 Å². The summed E-state index contributed by atoms with van der Waals surface area (Å²) in [7, 11) is 0. The first-order chi connectivity index (χ1) is 9.66. The van der Waals surface area contributed by atoms with Gasteiger partial charge in [0.2, 0.25) is 5.91 Å². The van der Waals surface area contributed by atoms with Crippen molar-refractivity contribution in [3.05, 3.63) is 29.0 Å². The first kappa shape index (κ1) is 14.7. The summed E-state index contributed by atoms with van der Waals surface area (Å²) in [6, 6.07) is 3.06. The second-order valence-electron chi connectivity index (χ2n) is 4.37. The second kappa shape index (κ2) is 7.21. The van der Waals surface area contributed by atoms with Gasteiger partial charge in [-0.1, -0.05) is 11.6 Å². The van der Waals surface area contributed by atoms with E-state index in [1.807, 2.05) is 0 Å². The van der Waals surface area contributed by atoms with Gasteiger partial charge in [-0.25, -0.2) is 4.98 Å². The molecule has 0 spiro atoms. The molecule has 0 atom stereocenters.